The molecule has 0 amide bonds. The minimum atomic E-state index is -1.26. The van der Waals surface area contributed by atoms with Gasteiger partial charge in [-0.25, -0.2) is 0 Å². The van der Waals surface area contributed by atoms with Crippen LogP contribution < -0.4 is 0 Å². The number of allylic oxidation sites excluding steroid dienone is 9. The molecule has 23 heavy (non-hydrogen) atoms. The molecule has 0 bridgehead atoms. The van der Waals surface area contributed by atoms with E-state index in [-0.39, 0.29) is 0 Å². The molecular weight excluding hydrogens is 312 g/mol. The Morgan fingerprint density at radius 3 is 2.26 bits per heavy atom. The Balaban J connectivity index is 2.51. The molecule has 0 saturated heterocycles. The Hall–Kier alpha value is -1.82. The van der Waals surface area contributed by atoms with Crippen LogP contribution in [0.3, 0.4) is 0 Å². The van der Waals surface area contributed by atoms with Gasteiger partial charge in [0.2, 0.25) is 0 Å². The van der Waals surface area contributed by atoms with Crippen LogP contribution >= 0.6 is 11.3 Å². The average Bonchev–Trinajstić information content (AvgIpc) is 2.98. The summed E-state index contributed by atoms with van der Waals surface area (Å²) in [6.45, 7) is 10.9. The Labute approximate surface area is 146 Å². The summed E-state index contributed by atoms with van der Waals surface area (Å²) in [6, 6.07) is 4.19. The molecule has 1 aromatic heterocycles. The van der Waals surface area contributed by atoms with E-state index < -0.39 is 8.07 Å². The molecule has 2 heteroatoms. The third-order valence-electron chi connectivity index (χ3n) is 2.76. The molecule has 0 nitrogen and oxygen atoms in total. The molecule has 0 radical (unpaired) electrons. The third-order valence-corrected chi connectivity index (χ3v) is 4.49. The van der Waals surface area contributed by atoms with E-state index in [1.807, 2.05) is 6.08 Å². The van der Waals surface area contributed by atoms with E-state index in [1.54, 1.807) is 11.3 Å². The highest BCUT2D eigenvalue weighted by Gasteiger charge is 2.06. The first kappa shape index (κ1) is 19.2. The van der Waals surface area contributed by atoms with E-state index >= 15 is 0 Å². The van der Waals surface area contributed by atoms with Gasteiger partial charge in [-0.1, -0.05) is 79.2 Å². The van der Waals surface area contributed by atoms with E-state index in [4.69, 9.17) is 0 Å². The van der Waals surface area contributed by atoms with Crippen LogP contribution in [0, 0.1) is 11.5 Å². The van der Waals surface area contributed by atoms with Crippen molar-refractivity contribution in [3.8, 4) is 11.5 Å². The zero-order chi connectivity index (χ0) is 17.1. The lowest BCUT2D eigenvalue weighted by molar-refractivity contribution is 1.51. The summed E-state index contributed by atoms with van der Waals surface area (Å²) in [5, 5.41) is 2.09. The summed E-state index contributed by atoms with van der Waals surface area (Å²) < 4.78 is 0. The van der Waals surface area contributed by atoms with Crippen LogP contribution in [-0.2, 0) is 0 Å². The molecule has 0 spiro atoms. The summed E-state index contributed by atoms with van der Waals surface area (Å²) in [6.07, 6.45) is 16.6. The van der Waals surface area contributed by atoms with Crippen molar-refractivity contribution in [1.82, 2.24) is 0 Å². The molecule has 0 fully saturated rings. The molecule has 1 aromatic rings. The van der Waals surface area contributed by atoms with E-state index in [1.165, 1.54) is 16.0 Å². The largest absolute Gasteiger partial charge is 0.144 e. The van der Waals surface area contributed by atoms with Crippen LogP contribution in [0.15, 0.2) is 71.2 Å². The molecule has 0 N–H and O–H groups in total. The zero-order valence-electron chi connectivity index (χ0n) is 14.8. The highest BCUT2D eigenvalue weighted by atomic mass is 32.1. The SMILES string of the molecule is CC(/C=C/C#C[Si](C)(C)C)=C\C=C\C=C(C)\C=C\c1cccs1. The Morgan fingerprint density at radius 2 is 1.70 bits per heavy atom. The van der Waals surface area contributed by atoms with Crippen molar-refractivity contribution in [1.29, 1.82) is 0 Å². The maximum atomic E-state index is 3.33. The zero-order valence-corrected chi connectivity index (χ0v) is 16.6. The lowest BCUT2D eigenvalue weighted by atomic mass is 10.2. The van der Waals surface area contributed by atoms with Crippen molar-refractivity contribution in [2.45, 2.75) is 33.5 Å². The smallest absolute Gasteiger partial charge is 0.129 e. The van der Waals surface area contributed by atoms with Crippen molar-refractivity contribution in [3.05, 3.63) is 76.1 Å². The normalized spacial score (nSPS) is 14.0. The molecule has 0 aromatic carbocycles. The predicted molar refractivity (Wildman–Crippen MR) is 110 cm³/mol. The van der Waals surface area contributed by atoms with Gasteiger partial charge in [-0.15, -0.1) is 16.9 Å². The minimum absolute atomic E-state index is 1.20. The Bertz CT molecular complexity index is 678. The monoisotopic (exact) mass is 338 g/mol. The van der Waals surface area contributed by atoms with Crippen LogP contribution in [0.5, 0.6) is 0 Å². The summed E-state index contributed by atoms with van der Waals surface area (Å²) >= 11 is 1.75. The lowest BCUT2D eigenvalue weighted by Gasteiger charge is -2.02. The second-order valence-electron chi connectivity index (χ2n) is 6.41. The van der Waals surface area contributed by atoms with E-state index in [2.05, 4.69) is 105 Å². The fourth-order valence-electron chi connectivity index (χ4n) is 1.56. The van der Waals surface area contributed by atoms with Gasteiger partial charge >= 0.3 is 0 Å². The van der Waals surface area contributed by atoms with Crippen molar-refractivity contribution in [2.75, 3.05) is 0 Å². The summed E-state index contributed by atoms with van der Waals surface area (Å²) in [5.41, 5.74) is 5.76. The first-order chi connectivity index (χ1) is 10.9. The fraction of sp³-hybridized carbons (Fsp3) is 0.238. The Morgan fingerprint density at radius 1 is 1.04 bits per heavy atom. The predicted octanol–water partition coefficient (Wildman–Crippen LogP) is 6.65. The number of thiophene rings is 1. The molecule has 1 rings (SSSR count). The van der Waals surface area contributed by atoms with Gasteiger partial charge < -0.3 is 0 Å². The summed E-state index contributed by atoms with van der Waals surface area (Å²) in [4.78, 5) is 1.28. The first-order valence-electron chi connectivity index (χ1n) is 7.79. The van der Waals surface area contributed by atoms with E-state index in [9.17, 15) is 0 Å². The maximum absolute atomic E-state index is 3.33. The molecule has 1 heterocycles. The molecule has 0 unspecified atom stereocenters. The van der Waals surface area contributed by atoms with Crippen molar-refractivity contribution in [3.63, 3.8) is 0 Å². The molecule has 0 aliphatic carbocycles. The van der Waals surface area contributed by atoms with Gasteiger partial charge in [-0.05, 0) is 37.4 Å². The van der Waals surface area contributed by atoms with Crippen molar-refractivity contribution < 1.29 is 0 Å². The van der Waals surface area contributed by atoms with Gasteiger partial charge in [0.1, 0.15) is 8.07 Å². The van der Waals surface area contributed by atoms with Gasteiger partial charge in [-0.2, -0.15) is 0 Å². The number of hydrogen-bond acceptors (Lipinski definition) is 1. The highest BCUT2D eigenvalue weighted by Crippen LogP contribution is 2.11. The minimum Gasteiger partial charge on any atom is -0.144 e. The van der Waals surface area contributed by atoms with Crippen LogP contribution in [0.25, 0.3) is 6.08 Å². The molecule has 0 atom stereocenters. The van der Waals surface area contributed by atoms with Crippen LogP contribution in [0.2, 0.25) is 19.6 Å². The molecule has 120 valence electrons. The van der Waals surface area contributed by atoms with Gasteiger partial charge in [0, 0.05) is 4.88 Å². The molecule has 0 aliphatic heterocycles. The highest BCUT2D eigenvalue weighted by molar-refractivity contribution is 7.10. The fourth-order valence-corrected chi connectivity index (χ4v) is 2.69. The van der Waals surface area contributed by atoms with Crippen LogP contribution in [0.4, 0.5) is 0 Å². The summed E-state index contributed by atoms with van der Waals surface area (Å²) in [5.74, 6) is 3.14. The van der Waals surface area contributed by atoms with Crippen molar-refractivity contribution >= 4 is 25.5 Å². The standard InChI is InChI=1S/C21H26SSi/c1-19(13-8-9-18-23(3,4)5)11-6-7-12-20(2)15-16-21-14-10-17-22-21/h6-8,10-17H,1-5H3/b7-6+,13-8+,16-15+,19-11+,20-12+. The maximum Gasteiger partial charge on any atom is 0.129 e. The summed E-state index contributed by atoms with van der Waals surface area (Å²) in [7, 11) is -1.26. The third kappa shape index (κ3) is 10.5. The quantitative estimate of drug-likeness (QED) is 0.320. The van der Waals surface area contributed by atoms with Gasteiger partial charge in [0.25, 0.3) is 0 Å². The second-order valence-corrected chi connectivity index (χ2v) is 12.1. The van der Waals surface area contributed by atoms with Crippen LogP contribution in [0.1, 0.15) is 18.7 Å². The molecule has 0 aliphatic rings. The number of rotatable bonds is 5. The van der Waals surface area contributed by atoms with Crippen LogP contribution in [-0.4, -0.2) is 8.07 Å². The van der Waals surface area contributed by atoms with E-state index in [0.29, 0.717) is 0 Å². The molecule has 0 saturated carbocycles. The topological polar surface area (TPSA) is 0 Å². The van der Waals surface area contributed by atoms with Gasteiger partial charge in [0.15, 0.2) is 0 Å². The van der Waals surface area contributed by atoms with Gasteiger partial charge in [-0.3, -0.25) is 0 Å². The van der Waals surface area contributed by atoms with Crippen molar-refractivity contribution in [2.24, 2.45) is 0 Å². The number of hydrogen-bond donors (Lipinski definition) is 0. The van der Waals surface area contributed by atoms with E-state index in [0.717, 1.165) is 0 Å². The van der Waals surface area contributed by atoms with Gasteiger partial charge in [0.05, 0.1) is 0 Å². The first-order valence-corrected chi connectivity index (χ1v) is 12.2. The Kier molecular flexibility index (Phi) is 8.40. The average molecular weight is 339 g/mol. The molecular formula is C21H26SSi. The lowest BCUT2D eigenvalue weighted by Crippen LogP contribution is -2.16. The second kappa shape index (κ2) is 10.0.